The third-order valence-electron chi connectivity index (χ3n) is 4.75. The standard InChI is InChI=1S/C20H18FN3O2/c1-13-6-8-14(9-7-13)18-23-17(24-26-18)12-22-19(25)20(10-11-20)15-4-2-3-5-16(15)21/h2-9H,10-12H2,1H3,(H,22,25). The molecule has 1 amide bonds. The van der Waals surface area contributed by atoms with Crippen LogP contribution in [-0.2, 0) is 16.8 Å². The lowest BCUT2D eigenvalue weighted by atomic mass is 9.94. The first kappa shape index (κ1) is 16.4. The summed E-state index contributed by atoms with van der Waals surface area (Å²) in [6, 6.07) is 14.2. The molecule has 3 aromatic rings. The topological polar surface area (TPSA) is 68.0 Å². The molecule has 0 bridgehead atoms. The molecule has 1 heterocycles. The summed E-state index contributed by atoms with van der Waals surface area (Å²) in [4.78, 5) is 16.9. The predicted molar refractivity (Wildman–Crippen MR) is 93.6 cm³/mol. The molecular weight excluding hydrogens is 333 g/mol. The third kappa shape index (κ3) is 2.98. The van der Waals surface area contributed by atoms with Crippen LogP contribution >= 0.6 is 0 Å². The molecule has 1 aromatic heterocycles. The van der Waals surface area contributed by atoms with E-state index < -0.39 is 5.41 Å². The van der Waals surface area contributed by atoms with Crippen LogP contribution in [0.4, 0.5) is 4.39 Å². The summed E-state index contributed by atoms with van der Waals surface area (Å²) in [6.07, 6.45) is 1.28. The van der Waals surface area contributed by atoms with Crippen LogP contribution in [0.15, 0.2) is 53.1 Å². The Bertz CT molecular complexity index is 946. The van der Waals surface area contributed by atoms with Gasteiger partial charge in [-0.05, 0) is 38.0 Å². The van der Waals surface area contributed by atoms with Gasteiger partial charge in [0.05, 0.1) is 12.0 Å². The number of benzene rings is 2. The van der Waals surface area contributed by atoms with E-state index in [1.165, 1.54) is 6.07 Å². The predicted octanol–water partition coefficient (Wildman–Crippen LogP) is 3.53. The van der Waals surface area contributed by atoms with Crippen molar-refractivity contribution >= 4 is 5.91 Å². The van der Waals surface area contributed by atoms with Crippen LogP contribution in [0, 0.1) is 12.7 Å². The summed E-state index contributed by atoms with van der Waals surface area (Å²) in [5.74, 6) is 0.244. The van der Waals surface area contributed by atoms with Crippen LogP contribution < -0.4 is 5.32 Å². The largest absolute Gasteiger partial charge is 0.348 e. The average molecular weight is 351 g/mol. The van der Waals surface area contributed by atoms with Crippen molar-refractivity contribution in [3.8, 4) is 11.5 Å². The van der Waals surface area contributed by atoms with E-state index in [2.05, 4.69) is 15.5 Å². The van der Waals surface area contributed by atoms with Crippen LogP contribution in [0.3, 0.4) is 0 Å². The van der Waals surface area contributed by atoms with Gasteiger partial charge < -0.3 is 9.84 Å². The zero-order valence-electron chi connectivity index (χ0n) is 14.3. The minimum atomic E-state index is -0.769. The normalized spacial score (nSPS) is 14.8. The van der Waals surface area contributed by atoms with E-state index in [-0.39, 0.29) is 18.3 Å². The fourth-order valence-corrected chi connectivity index (χ4v) is 3.06. The minimum Gasteiger partial charge on any atom is -0.348 e. The number of halogens is 1. The van der Waals surface area contributed by atoms with Gasteiger partial charge in [0, 0.05) is 11.1 Å². The molecule has 6 heteroatoms. The molecule has 0 radical (unpaired) electrons. The second kappa shape index (κ2) is 6.37. The molecule has 2 aromatic carbocycles. The summed E-state index contributed by atoms with van der Waals surface area (Å²) >= 11 is 0. The highest BCUT2D eigenvalue weighted by Crippen LogP contribution is 2.49. The van der Waals surface area contributed by atoms with Crippen molar-refractivity contribution in [2.24, 2.45) is 0 Å². The fraction of sp³-hybridized carbons (Fsp3) is 0.250. The van der Waals surface area contributed by atoms with Gasteiger partial charge in [-0.1, -0.05) is 41.1 Å². The zero-order valence-corrected chi connectivity index (χ0v) is 14.3. The maximum Gasteiger partial charge on any atom is 0.257 e. The first-order valence-corrected chi connectivity index (χ1v) is 8.51. The van der Waals surface area contributed by atoms with Crippen LogP contribution in [0.25, 0.3) is 11.5 Å². The summed E-state index contributed by atoms with van der Waals surface area (Å²) < 4.78 is 19.3. The Labute approximate surface area is 150 Å². The molecule has 1 aliphatic carbocycles. The van der Waals surface area contributed by atoms with E-state index in [9.17, 15) is 9.18 Å². The monoisotopic (exact) mass is 351 g/mol. The van der Waals surface area contributed by atoms with Crippen LogP contribution in [-0.4, -0.2) is 16.0 Å². The van der Waals surface area contributed by atoms with Gasteiger partial charge in [-0.3, -0.25) is 4.79 Å². The maximum atomic E-state index is 14.0. The summed E-state index contributed by atoms with van der Waals surface area (Å²) in [5, 5.41) is 6.72. The van der Waals surface area contributed by atoms with Crippen LogP contribution in [0.2, 0.25) is 0 Å². The van der Waals surface area contributed by atoms with Gasteiger partial charge in [-0.25, -0.2) is 4.39 Å². The Hall–Kier alpha value is -3.02. The summed E-state index contributed by atoms with van der Waals surface area (Å²) in [6.45, 7) is 2.15. The summed E-state index contributed by atoms with van der Waals surface area (Å²) in [7, 11) is 0. The zero-order chi connectivity index (χ0) is 18.1. The molecule has 0 spiro atoms. The second-order valence-corrected chi connectivity index (χ2v) is 6.63. The number of aryl methyl sites for hydroxylation is 1. The molecule has 0 saturated heterocycles. The van der Waals surface area contributed by atoms with Crippen molar-refractivity contribution in [3.05, 3.63) is 71.3 Å². The number of amides is 1. The maximum absolute atomic E-state index is 14.0. The lowest BCUT2D eigenvalue weighted by Crippen LogP contribution is -2.35. The van der Waals surface area contributed by atoms with Crippen molar-refractivity contribution in [1.29, 1.82) is 0 Å². The SMILES string of the molecule is Cc1ccc(-c2nc(CNC(=O)C3(c4ccccc4F)CC3)no2)cc1. The van der Waals surface area contributed by atoms with Gasteiger partial charge in [-0.2, -0.15) is 4.98 Å². The Morgan fingerprint density at radius 2 is 1.92 bits per heavy atom. The Balaban J connectivity index is 1.44. The third-order valence-corrected chi connectivity index (χ3v) is 4.75. The number of rotatable bonds is 5. The lowest BCUT2D eigenvalue weighted by molar-refractivity contribution is -0.123. The van der Waals surface area contributed by atoms with Gasteiger partial charge in [0.25, 0.3) is 5.89 Å². The Morgan fingerprint density at radius 1 is 1.19 bits per heavy atom. The lowest BCUT2D eigenvalue weighted by Gasteiger charge is -2.15. The van der Waals surface area contributed by atoms with E-state index in [1.807, 2.05) is 31.2 Å². The van der Waals surface area contributed by atoms with E-state index in [1.54, 1.807) is 18.2 Å². The first-order chi connectivity index (χ1) is 12.6. The fourth-order valence-electron chi connectivity index (χ4n) is 3.06. The van der Waals surface area contributed by atoms with Crippen molar-refractivity contribution in [3.63, 3.8) is 0 Å². The van der Waals surface area contributed by atoms with Gasteiger partial charge >= 0.3 is 0 Å². The molecule has 26 heavy (non-hydrogen) atoms. The van der Waals surface area contributed by atoms with Gasteiger partial charge in [0.2, 0.25) is 5.91 Å². The van der Waals surface area contributed by atoms with Crippen molar-refractivity contribution < 1.29 is 13.7 Å². The van der Waals surface area contributed by atoms with Crippen LogP contribution in [0.5, 0.6) is 0 Å². The first-order valence-electron chi connectivity index (χ1n) is 8.51. The minimum absolute atomic E-state index is 0.143. The Morgan fingerprint density at radius 3 is 2.62 bits per heavy atom. The number of aromatic nitrogens is 2. The van der Waals surface area contributed by atoms with Gasteiger partial charge in [0.15, 0.2) is 5.82 Å². The molecule has 5 nitrogen and oxygen atoms in total. The molecule has 1 N–H and O–H groups in total. The van der Waals surface area contributed by atoms with Crippen LogP contribution in [0.1, 0.15) is 29.8 Å². The molecule has 132 valence electrons. The highest BCUT2D eigenvalue weighted by atomic mass is 19.1. The second-order valence-electron chi connectivity index (χ2n) is 6.63. The molecule has 0 atom stereocenters. The number of carbonyl (C=O) groups is 1. The van der Waals surface area contributed by atoms with Crippen molar-refractivity contribution in [2.45, 2.75) is 31.7 Å². The molecule has 1 aliphatic rings. The molecule has 4 rings (SSSR count). The van der Waals surface area contributed by atoms with Gasteiger partial charge in [-0.15, -0.1) is 0 Å². The average Bonchev–Trinajstić information content (AvgIpc) is 3.32. The highest BCUT2D eigenvalue weighted by molar-refractivity contribution is 5.91. The molecular formula is C20H18FN3O2. The summed E-state index contributed by atoms with van der Waals surface area (Å²) in [5.41, 5.74) is 1.65. The van der Waals surface area contributed by atoms with Crippen molar-refractivity contribution in [1.82, 2.24) is 15.5 Å². The number of hydrogen-bond donors (Lipinski definition) is 1. The van der Waals surface area contributed by atoms with E-state index in [0.29, 0.717) is 30.1 Å². The Kier molecular flexibility index (Phi) is 4.03. The van der Waals surface area contributed by atoms with E-state index in [4.69, 9.17) is 4.52 Å². The van der Waals surface area contributed by atoms with Crippen molar-refractivity contribution in [2.75, 3.05) is 0 Å². The molecule has 0 unspecified atom stereocenters. The number of hydrogen-bond acceptors (Lipinski definition) is 4. The quantitative estimate of drug-likeness (QED) is 0.763. The molecule has 0 aliphatic heterocycles. The number of nitrogens with zero attached hydrogens (tertiary/aromatic N) is 2. The number of carbonyl (C=O) groups excluding carboxylic acids is 1. The molecule has 1 fully saturated rings. The number of nitrogens with one attached hydrogen (secondary N) is 1. The molecule has 1 saturated carbocycles. The van der Waals surface area contributed by atoms with E-state index >= 15 is 0 Å². The van der Waals surface area contributed by atoms with Gasteiger partial charge in [0.1, 0.15) is 5.82 Å². The smallest absolute Gasteiger partial charge is 0.257 e. The highest BCUT2D eigenvalue weighted by Gasteiger charge is 2.52. The van der Waals surface area contributed by atoms with E-state index in [0.717, 1.165) is 11.1 Å².